The van der Waals surface area contributed by atoms with Gasteiger partial charge in [0.25, 0.3) is 0 Å². The Morgan fingerprint density at radius 3 is 2.90 bits per heavy atom. The number of hydrogen-bond acceptors (Lipinski definition) is 3. The van der Waals surface area contributed by atoms with Crippen molar-refractivity contribution in [3.05, 3.63) is 46.0 Å². The van der Waals surface area contributed by atoms with E-state index in [9.17, 15) is 4.79 Å². The minimum atomic E-state index is -0.207. The molecule has 104 valence electrons. The number of hydrogen-bond donors (Lipinski definition) is 0. The Bertz CT molecular complexity index is 609. The van der Waals surface area contributed by atoms with Crippen LogP contribution in [0.15, 0.2) is 40.4 Å². The Morgan fingerprint density at radius 1 is 1.35 bits per heavy atom. The van der Waals surface area contributed by atoms with Gasteiger partial charge in [-0.05, 0) is 24.0 Å². The van der Waals surface area contributed by atoms with E-state index in [1.165, 1.54) is 12.7 Å². The Labute approximate surface area is 126 Å². The molecule has 0 radical (unpaired) electrons. The number of methoxy groups -OCH3 is 1. The molecule has 3 nitrogen and oxygen atoms in total. The third-order valence-corrected chi connectivity index (χ3v) is 5.53. The van der Waals surface area contributed by atoms with Gasteiger partial charge in [0.15, 0.2) is 0 Å². The van der Waals surface area contributed by atoms with E-state index in [-0.39, 0.29) is 23.9 Å². The van der Waals surface area contributed by atoms with Crippen LogP contribution in [0, 0.1) is 11.8 Å². The first-order chi connectivity index (χ1) is 9.70. The molecular weight excluding hydrogens is 320 g/mol. The van der Waals surface area contributed by atoms with Gasteiger partial charge in [-0.2, -0.15) is 0 Å². The largest absolute Gasteiger partial charge is 0.466 e. The van der Waals surface area contributed by atoms with Crippen LogP contribution in [-0.4, -0.2) is 25.3 Å². The lowest BCUT2D eigenvalue weighted by Gasteiger charge is -2.30. The zero-order valence-corrected chi connectivity index (χ0v) is 12.7. The van der Waals surface area contributed by atoms with Gasteiger partial charge in [0.2, 0.25) is 0 Å². The van der Waals surface area contributed by atoms with Crippen LogP contribution in [0.25, 0.3) is 0 Å². The van der Waals surface area contributed by atoms with Crippen molar-refractivity contribution in [3.8, 4) is 0 Å². The van der Waals surface area contributed by atoms with Crippen LogP contribution >= 0.6 is 15.9 Å². The van der Waals surface area contributed by atoms with Gasteiger partial charge < -0.3 is 9.47 Å². The smallest absolute Gasteiger partial charge is 0.333 e. The summed E-state index contributed by atoms with van der Waals surface area (Å²) >= 11 is 3.62. The van der Waals surface area contributed by atoms with Crippen LogP contribution in [0.3, 0.4) is 0 Å². The third-order valence-electron chi connectivity index (χ3n) is 4.81. The summed E-state index contributed by atoms with van der Waals surface area (Å²) < 4.78 is 11.8. The maximum atomic E-state index is 12.0. The number of fused-ring (bicyclic) bond motifs is 5. The van der Waals surface area contributed by atoms with E-state index in [4.69, 9.17) is 9.47 Å². The lowest BCUT2D eigenvalue weighted by atomic mass is 9.76. The number of carbonyl (C=O) groups excluding carboxylic acids is 1. The molecule has 0 spiro atoms. The lowest BCUT2D eigenvalue weighted by molar-refractivity contribution is -0.137. The molecule has 4 heteroatoms. The topological polar surface area (TPSA) is 38.8 Å². The molecule has 0 N–H and O–H groups in total. The first-order valence-corrected chi connectivity index (χ1v) is 7.70. The van der Waals surface area contributed by atoms with Crippen molar-refractivity contribution in [2.24, 2.45) is 11.8 Å². The number of allylic oxidation sites excluding steroid dienone is 1. The number of benzene rings is 1. The van der Waals surface area contributed by atoms with E-state index in [1.54, 1.807) is 0 Å². The summed E-state index contributed by atoms with van der Waals surface area (Å²) in [7, 11) is 1.45. The van der Waals surface area contributed by atoms with Gasteiger partial charge in [-0.15, -0.1) is 0 Å². The molecule has 2 aliphatic carbocycles. The summed E-state index contributed by atoms with van der Waals surface area (Å²) in [6.07, 6.45) is 3.69. The summed E-state index contributed by atoms with van der Waals surface area (Å²) in [5, 5.41) is 0. The fourth-order valence-corrected chi connectivity index (χ4v) is 4.41. The quantitative estimate of drug-likeness (QED) is 0.616. The summed E-state index contributed by atoms with van der Waals surface area (Å²) in [5.74, 6) is 0.739. The van der Waals surface area contributed by atoms with Gasteiger partial charge in [0.1, 0.15) is 0 Å². The van der Waals surface area contributed by atoms with Crippen molar-refractivity contribution in [1.82, 2.24) is 0 Å². The van der Waals surface area contributed by atoms with Crippen LogP contribution in [0.1, 0.15) is 17.9 Å². The first-order valence-electron chi connectivity index (χ1n) is 6.90. The van der Waals surface area contributed by atoms with E-state index in [1.807, 2.05) is 18.2 Å². The monoisotopic (exact) mass is 334 g/mol. The molecule has 0 aromatic heterocycles. The predicted molar refractivity (Wildman–Crippen MR) is 77.2 cm³/mol. The van der Waals surface area contributed by atoms with Crippen LogP contribution in [0.5, 0.6) is 0 Å². The summed E-state index contributed by atoms with van der Waals surface area (Å²) in [6.45, 7) is 0. The second-order valence-corrected chi connectivity index (χ2v) is 6.59. The molecule has 1 aromatic rings. The average molecular weight is 335 g/mol. The molecule has 3 aliphatic rings. The van der Waals surface area contributed by atoms with Crippen LogP contribution in [-0.2, 0) is 14.3 Å². The standard InChI is InChI=1S/C16H15BrO3/c1-19-16(18)12-6-9(8-4-2-3-5-13(8)17)10-7-11(12)15-14(10)20-15/h2-6,9-11,14-15H,7H2,1H3/t9-,10-,11+,14-,15+/m1/s1. The molecule has 20 heavy (non-hydrogen) atoms. The minimum absolute atomic E-state index is 0.207. The maximum Gasteiger partial charge on any atom is 0.333 e. The second-order valence-electron chi connectivity index (χ2n) is 5.73. The highest BCUT2D eigenvalue weighted by Gasteiger charge is 2.62. The van der Waals surface area contributed by atoms with Gasteiger partial charge in [0.05, 0.1) is 19.3 Å². The van der Waals surface area contributed by atoms with Crippen molar-refractivity contribution in [2.75, 3.05) is 7.11 Å². The van der Waals surface area contributed by atoms with Crippen molar-refractivity contribution in [2.45, 2.75) is 24.5 Å². The Balaban J connectivity index is 1.79. The van der Waals surface area contributed by atoms with Gasteiger partial charge >= 0.3 is 5.97 Å². The fourth-order valence-electron chi connectivity index (χ4n) is 3.86. The molecule has 2 fully saturated rings. The number of rotatable bonds is 2. The van der Waals surface area contributed by atoms with Crippen molar-refractivity contribution in [3.63, 3.8) is 0 Å². The fraction of sp³-hybridized carbons (Fsp3) is 0.438. The first kappa shape index (κ1) is 12.6. The molecule has 1 aromatic carbocycles. The van der Waals surface area contributed by atoms with E-state index in [0.717, 1.165) is 16.5 Å². The zero-order chi connectivity index (χ0) is 13.9. The van der Waals surface area contributed by atoms with Crippen molar-refractivity contribution in [1.29, 1.82) is 0 Å². The highest BCUT2D eigenvalue weighted by Crippen LogP contribution is 2.58. The van der Waals surface area contributed by atoms with Crippen LogP contribution in [0.2, 0.25) is 0 Å². The zero-order valence-electron chi connectivity index (χ0n) is 11.1. The number of halogens is 1. The van der Waals surface area contributed by atoms with Crippen molar-refractivity contribution < 1.29 is 14.3 Å². The Kier molecular flexibility index (Phi) is 2.79. The summed E-state index contributed by atoms with van der Waals surface area (Å²) in [4.78, 5) is 12.0. The number of ether oxygens (including phenoxy) is 2. The van der Waals surface area contributed by atoms with Crippen LogP contribution in [0.4, 0.5) is 0 Å². The Hall–Kier alpha value is -1.13. The van der Waals surface area contributed by atoms with Gasteiger partial charge in [-0.1, -0.05) is 40.2 Å². The van der Waals surface area contributed by atoms with Crippen LogP contribution < -0.4 is 0 Å². The Morgan fingerprint density at radius 2 is 2.15 bits per heavy atom. The molecule has 2 bridgehead atoms. The third kappa shape index (κ3) is 1.71. The van der Waals surface area contributed by atoms with E-state index in [0.29, 0.717) is 12.0 Å². The molecule has 1 saturated carbocycles. The molecular formula is C16H15BrO3. The summed E-state index contributed by atoms with van der Waals surface area (Å²) in [6, 6.07) is 8.22. The molecule has 1 heterocycles. The SMILES string of the molecule is COC(=O)C1=C[C@H](c2ccccc2Br)[C@H]2C[C@@H]1[C@@H]1O[C@H]21. The molecule has 1 aliphatic heterocycles. The van der Waals surface area contributed by atoms with E-state index in [2.05, 4.69) is 28.1 Å². The number of esters is 1. The predicted octanol–water partition coefficient (Wildman–Crippen LogP) is 3.05. The van der Waals surface area contributed by atoms with Gasteiger partial charge in [-0.3, -0.25) is 0 Å². The molecule has 0 unspecified atom stereocenters. The minimum Gasteiger partial charge on any atom is -0.466 e. The maximum absolute atomic E-state index is 12.0. The van der Waals surface area contributed by atoms with E-state index >= 15 is 0 Å². The molecule has 5 atom stereocenters. The number of carbonyl (C=O) groups is 1. The number of epoxide rings is 1. The second kappa shape index (κ2) is 4.43. The average Bonchev–Trinajstić information content (AvgIpc) is 3.21. The molecule has 4 rings (SSSR count). The highest BCUT2D eigenvalue weighted by atomic mass is 79.9. The normalized spacial score (nSPS) is 37.1. The molecule has 1 saturated heterocycles. The van der Waals surface area contributed by atoms with Crippen molar-refractivity contribution >= 4 is 21.9 Å². The van der Waals surface area contributed by atoms with Gasteiger partial charge in [0, 0.05) is 21.9 Å². The van der Waals surface area contributed by atoms with E-state index < -0.39 is 0 Å². The highest BCUT2D eigenvalue weighted by molar-refractivity contribution is 9.10. The summed E-state index contributed by atoms with van der Waals surface area (Å²) in [5.41, 5.74) is 2.03. The molecule has 0 amide bonds. The lowest BCUT2D eigenvalue weighted by Crippen LogP contribution is -2.25. The van der Waals surface area contributed by atoms with Gasteiger partial charge in [-0.25, -0.2) is 4.79 Å².